The van der Waals surface area contributed by atoms with Gasteiger partial charge < -0.3 is 19.9 Å². The normalized spacial score (nSPS) is 18.8. The van der Waals surface area contributed by atoms with Crippen LogP contribution in [0.4, 0.5) is 15.8 Å². The number of aromatic nitrogens is 1. The molecule has 1 saturated carbocycles. The maximum absolute atomic E-state index is 15.3. The summed E-state index contributed by atoms with van der Waals surface area (Å²) in [5.74, 6) is 0.162. The molecule has 3 aromatic carbocycles. The number of carbonyl (C=O) groups is 1. The van der Waals surface area contributed by atoms with E-state index in [1.165, 1.54) is 12.1 Å². The third kappa shape index (κ3) is 6.02. The highest BCUT2D eigenvalue weighted by Gasteiger charge is 2.54. The Bertz CT molecular complexity index is 1880. The van der Waals surface area contributed by atoms with Gasteiger partial charge in [0.1, 0.15) is 11.5 Å². The zero-order chi connectivity index (χ0) is 32.7. The van der Waals surface area contributed by atoms with Gasteiger partial charge in [-0.2, -0.15) is 0 Å². The molecule has 4 aromatic rings. The zero-order valence-corrected chi connectivity index (χ0v) is 26.6. The molecule has 1 saturated heterocycles. The number of carbonyl (C=O) groups excluding carboxylic acids is 1. The van der Waals surface area contributed by atoms with E-state index in [9.17, 15) is 9.90 Å². The molecule has 0 radical (unpaired) electrons. The number of ether oxygens (including phenoxy) is 2. The Morgan fingerprint density at radius 3 is 2.66 bits per heavy atom. The fourth-order valence-corrected chi connectivity index (χ4v) is 6.61. The van der Waals surface area contributed by atoms with E-state index in [1.807, 2.05) is 72.5 Å². The van der Waals surface area contributed by atoms with Crippen LogP contribution in [-0.4, -0.2) is 65.3 Å². The van der Waals surface area contributed by atoms with Crippen molar-refractivity contribution in [3.8, 4) is 17.2 Å². The predicted molar refractivity (Wildman–Crippen MR) is 180 cm³/mol. The van der Waals surface area contributed by atoms with Gasteiger partial charge in [-0.05, 0) is 68.7 Å². The highest BCUT2D eigenvalue weighted by Crippen LogP contribution is 2.52. The molecule has 10 heteroatoms. The molecular formula is C37H38FN5O4. The molecule has 3 aliphatic rings. The topological polar surface area (TPSA) is 90.4 Å². The Balaban J connectivity index is 0.973. The quantitative estimate of drug-likeness (QED) is 0.191. The molecule has 9 nitrogen and oxygen atoms in total. The molecule has 1 atom stereocenters. The lowest BCUT2D eigenvalue weighted by Crippen LogP contribution is -2.32. The van der Waals surface area contributed by atoms with Crippen LogP contribution in [0.15, 0.2) is 103 Å². The lowest BCUT2D eigenvalue weighted by Gasteiger charge is -2.29. The van der Waals surface area contributed by atoms with Gasteiger partial charge in [0.15, 0.2) is 11.6 Å². The Morgan fingerprint density at radius 1 is 1.11 bits per heavy atom. The van der Waals surface area contributed by atoms with Gasteiger partial charge in [-0.1, -0.05) is 24.8 Å². The smallest absolute Gasteiger partial charge is 0.259 e. The number of β-amino-alcohol motifs (C(OH)–C–C–N with tert-alkyl or cyclic N) is 1. The number of aliphatic hydroxyl groups is 1. The van der Waals surface area contributed by atoms with E-state index in [0.29, 0.717) is 46.0 Å². The second-order valence-corrected chi connectivity index (χ2v) is 12.6. The van der Waals surface area contributed by atoms with Crippen molar-refractivity contribution in [2.75, 3.05) is 43.6 Å². The minimum absolute atomic E-state index is 0.0199. The Morgan fingerprint density at radius 2 is 1.91 bits per heavy atom. The number of hydrogen-bond donors (Lipinski definition) is 2. The van der Waals surface area contributed by atoms with Crippen LogP contribution >= 0.6 is 0 Å². The Hall–Kier alpha value is -4.93. The number of benzene rings is 3. The van der Waals surface area contributed by atoms with Crippen LogP contribution in [0.5, 0.6) is 17.2 Å². The number of allylic oxidation sites excluding steroid dienone is 1. The number of hydrogen-bond acceptors (Lipinski definition) is 8. The molecule has 7 rings (SSSR count). The van der Waals surface area contributed by atoms with Crippen molar-refractivity contribution in [1.29, 1.82) is 0 Å². The van der Waals surface area contributed by atoms with Crippen LogP contribution in [0.3, 0.4) is 0 Å². The molecule has 1 amide bonds. The molecule has 1 aromatic heterocycles. The van der Waals surface area contributed by atoms with Gasteiger partial charge in [-0.25, -0.2) is 4.39 Å². The predicted octanol–water partition coefficient (Wildman–Crippen LogP) is 6.49. The van der Waals surface area contributed by atoms with Gasteiger partial charge in [-0.3, -0.25) is 24.7 Å². The van der Waals surface area contributed by atoms with Crippen molar-refractivity contribution >= 4 is 28.2 Å². The molecular weight excluding hydrogens is 597 g/mol. The van der Waals surface area contributed by atoms with Crippen molar-refractivity contribution in [3.63, 3.8) is 0 Å². The van der Waals surface area contributed by atoms with Crippen LogP contribution in [0.2, 0.25) is 0 Å². The number of likely N-dealkylation sites (tertiary alicyclic amines) is 1. The van der Waals surface area contributed by atoms with Gasteiger partial charge in [0, 0.05) is 67.2 Å². The summed E-state index contributed by atoms with van der Waals surface area (Å²) in [5.41, 5.74) is 3.67. The fraction of sp³-hybridized carbons (Fsp3) is 0.297. The lowest BCUT2D eigenvalue weighted by atomic mass is 10.0. The zero-order valence-electron chi connectivity index (χ0n) is 26.6. The number of nitrogens with one attached hydrogen (secondary N) is 1. The van der Waals surface area contributed by atoms with Crippen molar-refractivity contribution in [2.45, 2.75) is 32.3 Å². The molecule has 2 fully saturated rings. The maximum Gasteiger partial charge on any atom is 0.259 e. The third-order valence-corrected chi connectivity index (χ3v) is 9.46. The monoisotopic (exact) mass is 635 g/mol. The number of rotatable bonds is 10. The van der Waals surface area contributed by atoms with Gasteiger partial charge in [-0.15, -0.1) is 0 Å². The highest BCUT2D eigenvalue weighted by molar-refractivity contribution is 6.08. The number of nitrogens with zero attached hydrogens (tertiary/aromatic N) is 4. The average Bonchev–Trinajstić information content (AvgIpc) is 3.72. The number of amides is 1. The molecule has 3 heterocycles. The first-order chi connectivity index (χ1) is 22.7. The molecule has 242 valence electrons. The number of halogens is 1. The standard InChI is InChI=1S/C37H38FN5O4/c1-24-35(25(2)43(41(24)3)27-8-5-4-6-9-27)36(45)40-26-10-13-33(30(38)20-26)47-32-14-17-39-31-21-28(11-12-29(31)32)46-19-7-18-42-22-34(44)37(23-42)15-16-37/h4-6,8-14,17,20-21,34,44H,2,7,15-16,18-19,22-23H2,1,3H3,(H,40,45)/t34-/m0/s1. The molecule has 2 aliphatic heterocycles. The fourth-order valence-electron chi connectivity index (χ4n) is 6.61. The third-order valence-electron chi connectivity index (χ3n) is 9.46. The highest BCUT2D eigenvalue weighted by atomic mass is 19.1. The van der Waals surface area contributed by atoms with Gasteiger partial charge in [0.05, 0.1) is 35.2 Å². The minimum atomic E-state index is -0.621. The first-order valence-electron chi connectivity index (χ1n) is 15.9. The molecule has 0 unspecified atom stereocenters. The summed E-state index contributed by atoms with van der Waals surface area (Å²) >= 11 is 0. The van der Waals surface area contributed by atoms with Crippen molar-refractivity contribution in [2.24, 2.45) is 5.41 Å². The van der Waals surface area contributed by atoms with E-state index >= 15 is 4.39 Å². The summed E-state index contributed by atoms with van der Waals surface area (Å²) < 4.78 is 27.3. The van der Waals surface area contributed by atoms with Gasteiger partial charge in [0.25, 0.3) is 5.91 Å². The van der Waals surface area contributed by atoms with Crippen LogP contribution < -0.4 is 19.8 Å². The summed E-state index contributed by atoms with van der Waals surface area (Å²) in [4.78, 5) is 20.1. The van der Waals surface area contributed by atoms with E-state index in [0.717, 1.165) is 50.3 Å². The van der Waals surface area contributed by atoms with Crippen molar-refractivity contribution < 1.29 is 23.8 Å². The number of para-hydroxylation sites is 1. The van der Waals surface area contributed by atoms with E-state index in [4.69, 9.17) is 9.47 Å². The number of aliphatic hydroxyl groups excluding tert-OH is 1. The molecule has 1 aliphatic carbocycles. The lowest BCUT2D eigenvalue weighted by molar-refractivity contribution is -0.112. The molecule has 2 N–H and O–H groups in total. The summed E-state index contributed by atoms with van der Waals surface area (Å²) in [7, 11) is 1.86. The first kappa shape index (κ1) is 30.7. The Labute approximate surface area is 273 Å². The number of anilines is 2. The number of pyridine rings is 1. The van der Waals surface area contributed by atoms with E-state index in [1.54, 1.807) is 18.3 Å². The summed E-state index contributed by atoms with van der Waals surface area (Å²) in [6.07, 6.45) is 4.55. The second-order valence-electron chi connectivity index (χ2n) is 12.6. The van der Waals surface area contributed by atoms with E-state index in [-0.39, 0.29) is 23.2 Å². The number of fused-ring (bicyclic) bond motifs is 1. The molecule has 1 spiro atoms. The van der Waals surface area contributed by atoms with Crippen LogP contribution in [0, 0.1) is 11.2 Å². The second kappa shape index (κ2) is 12.4. The van der Waals surface area contributed by atoms with Crippen molar-refractivity contribution in [3.05, 3.63) is 108 Å². The summed E-state index contributed by atoms with van der Waals surface area (Å²) in [5, 5.41) is 17.5. The minimum Gasteiger partial charge on any atom is -0.493 e. The summed E-state index contributed by atoms with van der Waals surface area (Å²) in [6.45, 7) is 9.19. The average molecular weight is 636 g/mol. The molecule has 0 bridgehead atoms. The van der Waals surface area contributed by atoms with Crippen LogP contribution in [0.25, 0.3) is 10.9 Å². The SMILES string of the molecule is C=C1C(C(=O)Nc2ccc(Oc3ccnc4cc(OCCCN5C[C@H](O)C6(CC6)C5)ccc34)c(F)c2)=C(C)N(C)N1c1ccccc1. The van der Waals surface area contributed by atoms with Crippen LogP contribution in [0.1, 0.15) is 26.2 Å². The van der Waals surface area contributed by atoms with E-state index in [2.05, 4.69) is 21.8 Å². The largest absolute Gasteiger partial charge is 0.493 e. The van der Waals surface area contributed by atoms with E-state index < -0.39 is 5.82 Å². The van der Waals surface area contributed by atoms with Crippen LogP contribution in [-0.2, 0) is 4.79 Å². The number of hydrazine groups is 1. The van der Waals surface area contributed by atoms with Gasteiger partial charge in [0.2, 0.25) is 0 Å². The Kier molecular flexibility index (Phi) is 8.07. The van der Waals surface area contributed by atoms with Crippen molar-refractivity contribution in [1.82, 2.24) is 14.9 Å². The first-order valence-corrected chi connectivity index (χ1v) is 15.9. The molecule has 47 heavy (non-hydrogen) atoms. The van der Waals surface area contributed by atoms with Gasteiger partial charge >= 0.3 is 0 Å². The summed E-state index contributed by atoms with van der Waals surface area (Å²) in [6, 6.07) is 21.2. The maximum atomic E-state index is 15.3.